The second-order valence-electron chi connectivity index (χ2n) is 5.74. The van der Waals surface area contributed by atoms with Crippen LogP contribution in [0.2, 0.25) is 0 Å². The van der Waals surface area contributed by atoms with Gasteiger partial charge in [-0.05, 0) is 49.1 Å². The second kappa shape index (κ2) is 8.59. The molecule has 0 radical (unpaired) electrons. The quantitative estimate of drug-likeness (QED) is 0.608. The maximum absolute atomic E-state index is 12.5. The molecular weight excluding hydrogens is 362 g/mol. The Bertz CT molecular complexity index is 924. The van der Waals surface area contributed by atoms with Crippen LogP contribution >= 0.6 is 11.8 Å². The number of carbonyl (C=O) groups excluding carboxylic acids is 1. The first-order valence-corrected chi connectivity index (χ1v) is 9.69. The summed E-state index contributed by atoms with van der Waals surface area (Å²) in [6.07, 6.45) is 1.98. The monoisotopic (exact) mass is 383 g/mol. The molecule has 0 unspecified atom stereocenters. The number of hydrogen-bond donors (Lipinski definition) is 2. The third kappa shape index (κ3) is 4.59. The summed E-state index contributed by atoms with van der Waals surface area (Å²) in [6, 6.07) is 15.2. The number of rotatable bonds is 7. The first-order chi connectivity index (χ1) is 13.1. The molecule has 27 heavy (non-hydrogen) atoms. The maximum Gasteiger partial charge on any atom is 0.280 e. The Balaban J connectivity index is 1.71. The van der Waals surface area contributed by atoms with Gasteiger partial charge >= 0.3 is 0 Å². The molecule has 0 aliphatic carbocycles. The standard InChI is InChI=1S/C19H21N5O2S/c1-3-26-15-9-7-13(8-10-15)12-24-18(20)17(22-23-24)19(25)21-14-5-4-6-16(11-14)27-2/h4-11H,3,12,20H2,1-2H3,(H,21,25). The molecule has 140 valence electrons. The summed E-state index contributed by atoms with van der Waals surface area (Å²) in [6.45, 7) is 2.97. The number of hydrogen-bond acceptors (Lipinski definition) is 6. The average molecular weight is 383 g/mol. The highest BCUT2D eigenvalue weighted by atomic mass is 32.2. The van der Waals surface area contributed by atoms with Gasteiger partial charge in [-0.2, -0.15) is 0 Å². The van der Waals surface area contributed by atoms with Crippen LogP contribution in [0, 0.1) is 0 Å². The van der Waals surface area contributed by atoms with Crippen LogP contribution in [0.5, 0.6) is 5.75 Å². The number of carbonyl (C=O) groups is 1. The van der Waals surface area contributed by atoms with Gasteiger partial charge in [-0.15, -0.1) is 16.9 Å². The van der Waals surface area contributed by atoms with E-state index in [0.717, 1.165) is 16.2 Å². The van der Waals surface area contributed by atoms with Crippen molar-refractivity contribution in [2.45, 2.75) is 18.4 Å². The Morgan fingerprint density at radius 3 is 2.74 bits per heavy atom. The van der Waals surface area contributed by atoms with Crippen molar-refractivity contribution < 1.29 is 9.53 Å². The fourth-order valence-corrected chi connectivity index (χ4v) is 2.98. The molecule has 3 N–H and O–H groups in total. The number of nitrogen functional groups attached to an aromatic ring is 1. The lowest BCUT2D eigenvalue weighted by molar-refractivity contribution is 0.102. The SMILES string of the molecule is CCOc1ccc(Cn2nnc(C(=O)Nc3cccc(SC)c3)c2N)cc1. The van der Waals surface area contributed by atoms with Gasteiger partial charge in [0.2, 0.25) is 0 Å². The molecule has 8 heteroatoms. The van der Waals surface area contributed by atoms with Crippen LogP contribution < -0.4 is 15.8 Å². The van der Waals surface area contributed by atoms with Gasteiger partial charge in [0.05, 0.1) is 13.2 Å². The highest BCUT2D eigenvalue weighted by molar-refractivity contribution is 7.98. The Morgan fingerprint density at radius 1 is 1.26 bits per heavy atom. The minimum atomic E-state index is -0.385. The van der Waals surface area contributed by atoms with Gasteiger partial charge in [-0.3, -0.25) is 4.79 Å². The van der Waals surface area contributed by atoms with Crippen molar-refractivity contribution >= 4 is 29.2 Å². The van der Waals surface area contributed by atoms with Crippen LogP contribution in [0.4, 0.5) is 11.5 Å². The van der Waals surface area contributed by atoms with E-state index < -0.39 is 0 Å². The number of nitrogens with one attached hydrogen (secondary N) is 1. The lowest BCUT2D eigenvalue weighted by Crippen LogP contribution is -2.15. The normalized spacial score (nSPS) is 10.6. The maximum atomic E-state index is 12.5. The topological polar surface area (TPSA) is 95.1 Å². The molecule has 3 aromatic rings. The van der Waals surface area contributed by atoms with Crippen molar-refractivity contribution in [1.82, 2.24) is 15.0 Å². The van der Waals surface area contributed by atoms with Crippen LogP contribution in [0.15, 0.2) is 53.4 Å². The third-order valence-electron chi connectivity index (χ3n) is 3.88. The van der Waals surface area contributed by atoms with Crippen LogP contribution in [0.1, 0.15) is 23.0 Å². The van der Waals surface area contributed by atoms with Gasteiger partial charge < -0.3 is 15.8 Å². The van der Waals surface area contributed by atoms with Crippen LogP contribution in [0.3, 0.4) is 0 Å². The van der Waals surface area contributed by atoms with Crippen molar-refractivity contribution in [2.24, 2.45) is 0 Å². The minimum Gasteiger partial charge on any atom is -0.494 e. The van der Waals surface area contributed by atoms with E-state index >= 15 is 0 Å². The molecule has 0 atom stereocenters. The highest BCUT2D eigenvalue weighted by Crippen LogP contribution is 2.20. The molecule has 7 nitrogen and oxygen atoms in total. The van der Waals surface area contributed by atoms with E-state index in [2.05, 4.69) is 15.6 Å². The predicted molar refractivity (Wildman–Crippen MR) is 107 cm³/mol. The third-order valence-corrected chi connectivity index (χ3v) is 4.61. The summed E-state index contributed by atoms with van der Waals surface area (Å²) < 4.78 is 6.93. The zero-order chi connectivity index (χ0) is 19.2. The van der Waals surface area contributed by atoms with Crippen LogP contribution in [0.25, 0.3) is 0 Å². The van der Waals surface area contributed by atoms with Crippen molar-refractivity contribution in [3.05, 3.63) is 59.8 Å². The fourth-order valence-electron chi connectivity index (χ4n) is 2.52. The van der Waals surface area contributed by atoms with E-state index in [0.29, 0.717) is 18.8 Å². The van der Waals surface area contributed by atoms with Crippen LogP contribution in [-0.4, -0.2) is 33.8 Å². The number of benzene rings is 2. The van der Waals surface area contributed by atoms with E-state index in [1.165, 1.54) is 4.68 Å². The van der Waals surface area contributed by atoms with Gasteiger partial charge in [0, 0.05) is 10.6 Å². The molecule has 0 aliphatic rings. The second-order valence-corrected chi connectivity index (χ2v) is 6.62. The van der Waals surface area contributed by atoms with Crippen molar-refractivity contribution in [1.29, 1.82) is 0 Å². The molecule has 2 aromatic carbocycles. The number of nitrogens with zero attached hydrogens (tertiary/aromatic N) is 3. The summed E-state index contributed by atoms with van der Waals surface area (Å²) in [5, 5.41) is 10.8. The van der Waals surface area contributed by atoms with Gasteiger partial charge in [0.25, 0.3) is 5.91 Å². The summed E-state index contributed by atoms with van der Waals surface area (Å²) in [5.41, 5.74) is 7.86. The minimum absolute atomic E-state index is 0.107. The molecule has 1 heterocycles. The zero-order valence-corrected chi connectivity index (χ0v) is 16.0. The summed E-state index contributed by atoms with van der Waals surface area (Å²) in [7, 11) is 0. The lowest BCUT2D eigenvalue weighted by Gasteiger charge is -2.07. The Kier molecular flexibility index (Phi) is 5.97. The van der Waals surface area contributed by atoms with E-state index in [4.69, 9.17) is 10.5 Å². The molecule has 3 rings (SSSR count). The molecular formula is C19H21N5O2S. The van der Waals surface area contributed by atoms with Gasteiger partial charge in [-0.1, -0.05) is 23.4 Å². The molecule has 0 aliphatic heterocycles. The largest absolute Gasteiger partial charge is 0.494 e. The molecule has 0 bridgehead atoms. The molecule has 1 amide bonds. The molecule has 0 spiro atoms. The van der Waals surface area contributed by atoms with E-state index in [-0.39, 0.29) is 17.4 Å². The van der Waals surface area contributed by atoms with E-state index in [9.17, 15) is 4.79 Å². The number of anilines is 2. The van der Waals surface area contributed by atoms with Gasteiger partial charge in [0.1, 0.15) is 5.75 Å². The highest BCUT2D eigenvalue weighted by Gasteiger charge is 2.18. The molecule has 0 saturated carbocycles. The predicted octanol–water partition coefficient (Wildman–Crippen LogP) is 3.28. The lowest BCUT2D eigenvalue weighted by atomic mass is 10.2. The first kappa shape index (κ1) is 18.8. The summed E-state index contributed by atoms with van der Waals surface area (Å²) >= 11 is 1.60. The number of nitrogens with two attached hydrogens (primary N) is 1. The summed E-state index contributed by atoms with van der Waals surface area (Å²) in [5.74, 6) is 0.645. The molecule has 0 fully saturated rings. The van der Waals surface area contributed by atoms with Crippen molar-refractivity contribution in [2.75, 3.05) is 23.9 Å². The fraction of sp³-hybridized carbons (Fsp3) is 0.211. The Labute approximate surface area is 161 Å². The summed E-state index contributed by atoms with van der Waals surface area (Å²) in [4.78, 5) is 13.5. The number of ether oxygens (including phenoxy) is 1. The average Bonchev–Trinajstić information content (AvgIpc) is 3.04. The van der Waals surface area contributed by atoms with Crippen molar-refractivity contribution in [3.8, 4) is 5.75 Å². The van der Waals surface area contributed by atoms with Crippen LogP contribution in [-0.2, 0) is 6.54 Å². The Hall–Kier alpha value is -3.00. The Morgan fingerprint density at radius 2 is 2.04 bits per heavy atom. The van der Waals surface area contributed by atoms with E-state index in [1.54, 1.807) is 11.8 Å². The van der Waals surface area contributed by atoms with E-state index in [1.807, 2.05) is 61.7 Å². The molecule has 1 aromatic heterocycles. The van der Waals surface area contributed by atoms with Gasteiger partial charge in [-0.25, -0.2) is 4.68 Å². The smallest absolute Gasteiger partial charge is 0.280 e. The molecule has 0 saturated heterocycles. The number of amides is 1. The zero-order valence-electron chi connectivity index (χ0n) is 15.2. The van der Waals surface area contributed by atoms with Gasteiger partial charge in [0.15, 0.2) is 11.5 Å². The number of aromatic nitrogens is 3. The van der Waals surface area contributed by atoms with Crippen molar-refractivity contribution in [3.63, 3.8) is 0 Å². The first-order valence-electron chi connectivity index (χ1n) is 8.46. The number of thioether (sulfide) groups is 1.